The van der Waals surface area contributed by atoms with Crippen molar-refractivity contribution in [3.8, 4) is 0 Å². The molecule has 2 aromatic heterocycles. The van der Waals surface area contributed by atoms with Crippen molar-refractivity contribution in [1.82, 2.24) is 19.9 Å². The molecule has 4 rings (SSSR count). The highest BCUT2D eigenvalue weighted by Gasteiger charge is 2.18. The normalized spacial score (nSPS) is 12.2. The van der Waals surface area contributed by atoms with Gasteiger partial charge in [-0.3, -0.25) is 4.79 Å². The molecule has 2 aromatic carbocycles. The van der Waals surface area contributed by atoms with Crippen LogP contribution in [0.2, 0.25) is 0 Å². The number of nitrogens with one attached hydrogen (secondary N) is 1. The Morgan fingerprint density at radius 3 is 2.85 bits per heavy atom. The summed E-state index contributed by atoms with van der Waals surface area (Å²) >= 11 is 4.86. The summed E-state index contributed by atoms with van der Waals surface area (Å²) in [4.78, 5) is 21.4. The molecule has 1 amide bonds. The van der Waals surface area contributed by atoms with Gasteiger partial charge in [0.1, 0.15) is 0 Å². The number of hydrogen-bond acceptors (Lipinski definition) is 4. The number of hydrogen-bond donors (Lipinski definition) is 1. The first-order valence-corrected chi connectivity index (χ1v) is 10.1. The van der Waals surface area contributed by atoms with E-state index in [9.17, 15) is 4.79 Å². The topological polar surface area (TPSA) is 59.8 Å². The number of thiazole rings is 1. The molecular weight excluding hydrogens is 424 g/mol. The van der Waals surface area contributed by atoms with E-state index in [0.29, 0.717) is 11.6 Å². The third-order valence-corrected chi connectivity index (χ3v) is 5.71. The number of halogens is 1. The van der Waals surface area contributed by atoms with Crippen molar-refractivity contribution >= 4 is 43.4 Å². The molecule has 2 heterocycles. The first-order valence-electron chi connectivity index (χ1n) is 8.54. The lowest BCUT2D eigenvalue weighted by molar-refractivity contribution is 0.0932. The number of nitrogens with zero attached hydrogens (tertiary/aromatic N) is 3. The van der Waals surface area contributed by atoms with Gasteiger partial charge in [-0.2, -0.15) is 0 Å². The van der Waals surface area contributed by atoms with Crippen LogP contribution in [0.3, 0.4) is 0 Å². The quantitative estimate of drug-likeness (QED) is 0.486. The van der Waals surface area contributed by atoms with Gasteiger partial charge in [-0.15, -0.1) is 11.3 Å². The number of aromatic nitrogens is 3. The van der Waals surface area contributed by atoms with Crippen molar-refractivity contribution in [1.29, 1.82) is 0 Å². The minimum absolute atomic E-state index is 0.0622. The second-order valence-electron chi connectivity index (χ2n) is 6.25. The van der Waals surface area contributed by atoms with Crippen LogP contribution in [0.1, 0.15) is 15.4 Å². The molecule has 5 nitrogen and oxygen atoms in total. The van der Waals surface area contributed by atoms with Gasteiger partial charge >= 0.3 is 0 Å². The monoisotopic (exact) mass is 440 g/mol. The van der Waals surface area contributed by atoms with Gasteiger partial charge < -0.3 is 9.88 Å². The van der Waals surface area contributed by atoms with Crippen molar-refractivity contribution < 1.29 is 4.79 Å². The highest BCUT2D eigenvalue weighted by Crippen LogP contribution is 2.25. The first kappa shape index (κ1) is 17.9. The molecule has 0 bridgehead atoms. The lowest BCUT2D eigenvalue weighted by atomic mass is 10.1. The molecule has 136 valence electrons. The predicted molar refractivity (Wildman–Crippen MR) is 111 cm³/mol. The van der Waals surface area contributed by atoms with Crippen molar-refractivity contribution in [2.24, 2.45) is 0 Å². The molecule has 0 fully saturated rings. The van der Waals surface area contributed by atoms with E-state index in [1.165, 1.54) is 16.9 Å². The fraction of sp³-hybridized carbons (Fsp3) is 0.150. The Hall–Kier alpha value is -2.51. The van der Waals surface area contributed by atoms with Crippen LogP contribution in [0.4, 0.5) is 0 Å². The number of imidazole rings is 1. The van der Waals surface area contributed by atoms with E-state index >= 15 is 0 Å². The Labute approximate surface area is 169 Å². The average Bonchev–Trinajstić information content (AvgIpc) is 3.31. The number of carbonyl (C=O) groups is 1. The molecule has 0 spiro atoms. The standard InChI is InChI=1S/C20H17BrN4OS/c21-15-6-7-17-18(11-15)27-20(24-17)19(26)23-16(12-25-9-8-22-13-25)10-14-4-2-1-3-5-14/h1-9,11,13,16H,10,12H2,(H,23,26). The third-order valence-electron chi connectivity index (χ3n) is 4.20. The third kappa shape index (κ3) is 4.43. The lowest BCUT2D eigenvalue weighted by Gasteiger charge is -2.19. The van der Waals surface area contributed by atoms with Gasteiger partial charge in [0, 0.05) is 23.4 Å². The Balaban J connectivity index is 1.54. The molecule has 1 atom stereocenters. The summed E-state index contributed by atoms with van der Waals surface area (Å²) in [5.74, 6) is -0.145. The smallest absolute Gasteiger partial charge is 0.280 e. The molecule has 0 saturated heterocycles. The summed E-state index contributed by atoms with van der Waals surface area (Å²) in [5.41, 5.74) is 2.01. The molecule has 0 aliphatic heterocycles. The number of fused-ring (bicyclic) bond motifs is 1. The first-order chi connectivity index (χ1) is 13.2. The largest absolute Gasteiger partial charge is 0.345 e. The summed E-state index contributed by atoms with van der Waals surface area (Å²) < 4.78 is 3.94. The minimum atomic E-state index is -0.145. The van der Waals surface area contributed by atoms with E-state index in [4.69, 9.17) is 0 Å². The molecule has 1 unspecified atom stereocenters. The van der Waals surface area contributed by atoms with E-state index in [0.717, 1.165) is 21.1 Å². The Morgan fingerprint density at radius 2 is 2.07 bits per heavy atom. The van der Waals surface area contributed by atoms with Crippen LogP contribution in [-0.4, -0.2) is 26.5 Å². The molecule has 0 saturated carbocycles. The van der Waals surface area contributed by atoms with Gasteiger partial charge in [0.25, 0.3) is 5.91 Å². The zero-order valence-corrected chi connectivity index (χ0v) is 16.8. The summed E-state index contributed by atoms with van der Waals surface area (Å²) in [7, 11) is 0. The maximum Gasteiger partial charge on any atom is 0.280 e. The van der Waals surface area contributed by atoms with Crippen LogP contribution in [-0.2, 0) is 13.0 Å². The highest BCUT2D eigenvalue weighted by molar-refractivity contribution is 9.10. The van der Waals surface area contributed by atoms with Crippen LogP contribution in [0.5, 0.6) is 0 Å². The fourth-order valence-corrected chi connectivity index (χ4v) is 4.37. The van der Waals surface area contributed by atoms with Crippen LogP contribution >= 0.6 is 27.3 Å². The predicted octanol–water partition coefficient (Wildman–Crippen LogP) is 4.30. The lowest BCUT2D eigenvalue weighted by Crippen LogP contribution is -2.39. The summed E-state index contributed by atoms with van der Waals surface area (Å²) in [6, 6.07) is 15.9. The Kier molecular flexibility index (Phi) is 5.31. The van der Waals surface area contributed by atoms with E-state index in [1.807, 2.05) is 47.2 Å². The molecule has 27 heavy (non-hydrogen) atoms. The molecule has 1 N–H and O–H groups in total. The van der Waals surface area contributed by atoms with Gasteiger partial charge in [-0.1, -0.05) is 46.3 Å². The fourth-order valence-electron chi connectivity index (χ4n) is 2.95. The van der Waals surface area contributed by atoms with Crippen molar-refractivity contribution in [2.75, 3.05) is 0 Å². The van der Waals surface area contributed by atoms with Gasteiger partial charge in [0.2, 0.25) is 0 Å². The zero-order valence-electron chi connectivity index (χ0n) is 14.4. The van der Waals surface area contributed by atoms with Gasteiger partial charge in [0.05, 0.1) is 22.6 Å². The summed E-state index contributed by atoms with van der Waals surface area (Å²) in [5, 5.41) is 3.62. The maximum atomic E-state index is 12.8. The van der Waals surface area contributed by atoms with E-state index in [2.05, 4.69) is 43.3 Å². The number of benzene rings is 2. The molecule has 4 aromatic rings. The van der Waals surface area contributed by atoms with Crippen molar-refractivity contribution in [2.45, 2.75) is 19.0 Å². The molecule has 0 aliphatic rings. The van der Waals surface area contributed by atoms with E-state index in [-0.39, 0.29) is 11.9 Å². The van der Waals surface area contributed by atoms with Crippen molar-refractivity contribution in [3.63, 3.8) is 0 Å². The van der Waals surface area contributed by atoms with Gasteiger partial charge in [-0.05, 0) is 30.2 Å². The van der Waals surface area contributed by atoms with Crippen LogP contribution in [0, 0.1) is 0 Å². The SMILES string of the molecule is O=C(NC(Cc1ccccc1)Cn1ccnc1)c1nc2ccc(Br)cc2s1. The van der Waals surface area contributed by atoms with Gasteiger partial charge in [0.15, 0.2) is 5.01 Å². The molecule has 0 aliphatic carbocycles. The molecule has 0 radical (unpaired) electrons. The maximum absolute atomic E-state index is 12.8. The minimum Gasteiger partial charge on any atom is -0.345 e. The molecule has 7 heteroatoms. The highest BCUT2D eigenvalue weighted by atomic mass is 79.9. The van der Waals surface area contributed by atoms with Gasteiger partial charge in [-0.25, -0.2) is 9.97 Å². The van der Waals surface area contributed by atoms with Crippen LogP contribution < -0.4 is 5.32 Å². The van der Waals surface area contributed by atoms with E-state index < -0.39 is 0 Å². The summed E-state index contributed by atoms with van der Waals surface area (Å²) in [6.45, 7) is 0.650. The number of carbonyl (C=O) groups excluding carboxylic acids is 1. The van der Waals surface area contributed by atoms with Crippen LogP contribution in [0.25, 0.3) is 10.2 Å². The summed E-state index contributed by atoms with van der Waals surface area (Å²) in [6.07, 6.45) is 6.15. The number of rotatable bonds is 6. The Bertz CT molecular complexity index is 1050. The van der Waals surface area contributed by atoms with Crippen molar-refractivity contribution in [3.05, 3.63) is 82.3 Å². The second-order valence-corrected chi connectivity index (χ2v) is 8.20. The zero-order chi connectivity index (χ0) is 18.6. The second kappa shape index (κ2) is 8.02. The van der Waals surface area contributed by atoms with Crippen LogP contribution in [0.15, 0.2) is 71.7 Å². The average molecular weight is 441 g/mol. The molecular formula is C20H17BrN4OS. The number of amides is 1. The Morgan fingerprint density at radius 1 is 1.22 bits per heavy atom. The van der Waals surface area contributed by atoms with E-state index in [1.54, 1.807) is 12.5 Å².